The minimum atomic E-state index is 0.139. The number of nitrogens with two attached hydrogens (primary N) is 1. The molecule has 0 bridgehead atoms. The van der Waals surface area contributed by atoms with Crippen LogP contribution < -0.4 is 10.6 Å². The van der Waals surface area contributed by atoms with Gasteiger partial charge >= 0.3 is 0 Å². The molecule has 0 unspecified atom stereocenters. The third kappa shape index (κ3) is 1.95. The molecule has 0 aromatic carbocycles. The van der Waals surface area contributed by atoms with Crippen molar-refractivity contribution >= 4 is 11.6 Å². The largest absolute Gasteiger partial charge is 0.395 e. The maximum absolute atomic E-state index is 9.11. The van der Waals surface area contributed by atoms with Crippen molar-refractivity contribution in [3.05, 3.63) is 11.9 Å². The normalized spacial score (nSPS) is 15.9. The molecule has 3 N–H and O–H groups in total. The molecule has 1 fully saturated rings. The van der Waals surface area contributed by atoms with Crippen LogP contribution in [0.25, 0.3) is 0 Å². The standard InChI is InChI=1S/C11H18N4O/c1-8-10(12)13-7-14-11(8)15(5-6-16)9-3-2-4-9/h7,9,16H,2-6H2,1H3,(H2,12,13,14). The molecule has 0 spiro atoms. The van der Waals surface area contributed by atoms with Crippen molar-refractivity contribution in [3.63, 3.8) is 0 Å². The van der Waals surface area contributed by atoms with Gasteiger partial charge in [0.05, 0.1) is 6.61 Å². The first-order valence-corrected chi connectivity index (χ1v) is 5.68. The number of aliphatic hydroxyl groups excluding tert-OH is 1. The summed E-state index contributed by atoms with van der Waals surface area (Å²) in [5, 5.41) is 9.11. The Morgan fingerprint density at radius 3 is 2.81 bits per heavy atom. The van der Waals surface area contributed by atoms with Gasteiger partial charge in [0.2, 0.25) is 0 Å². The van der Waals surface area contributed by atoms with Crippen molar-refractivity contribution in [1.82, 2.24) is 9.97 Å². The molecule has 1 aromatic heterocycles. The summed E-state index contributed by atoms with van der Waals surface area (Å²) in [5.74, 6) is 1.39. The van der Waals surface area contributed by atoms with Gasteiger partial charge < -0.3 is 15.7 Å². The van der Waals surface area contributed by atoms with Gasteiger partial charge in [-0.25, -0.2) is 9.97 Å². The zero-order valence-electron chi connectivity index (χ0n) is 9.56. The van der Waals surface area contributed by atoms with Crippen molar-refractivity contribution in [2.45, 2.75) is 32.2 Å². The van der Waals surface area contributed by atoms with E-state index < -0.39 is 0 Å². The fraction of sp³-hybridized carbons (Fsp3) is 0.636. The molecule has 0 aliphatic heterocycles. The predicted molar refractivity (Wildman–Crippen MR) is 63.3 cm³/mol. The molecule has 5 heteroatoms. The smallest absolute Gasteiger partial charge is 0.137 e. The zero-order chi connectivity index (χ0) is 11.5. The summed E-state index contributed by atoms with van der Waals surface area (Å²) in [6.45, 7) is 2.68. The number of hydrogen-bond acceptors (Lipinski definition) is 5. The third-order valence-corrected chi connectivity index (χ3v) is 3.22. The molecular formula is C11H18N4O. The van der Waals surface area contributed by atoms with Gasteiger partial charge in [-0.2, -0.15) is 0 Å². The number of anilines is 2. The minimum Gasteiger partial charge on any atom is -0.395 e. The topological polar surface area (TPSA) is 75.3 Å². The van der Waals surface area contributed by atoms with E-state index in [0.29, 0.717) is 18.4 Å². The van der Waals surface area contributed by atoms with Crippen LogP contribution in [-0.2, 0) is 0 Å². The van der Waals surface area contributed by atoms with Gasteiger partial charge in [0.25, 0.3) is 0 Å². The van der Waals surface area contributed by atoms with Crippen molar-refractivity contribution < 1.29 is 5.11 Å². The second-order valence-electron chi connectivity index (χ2n) is 4.21. The summed E-state index contributed by atoms with van der Waals surface area (Å²) in [6.07, 6.45) is 5.08. The second-order valence-corrected chi connectivity index (χ2v) is 4.21. The van der Waals surface area contributed by atoms with Crippen LogP contribution in [-0.4, -0.2) is 34.3 Å². The van der Waals surface area contributed by atoms with Crippen LogP contribution in [0.2, 0.25) is 0 Å². The number of nitrogen functional groups attached to an aromatic ring is 1. The quantitative estimate of drug-likeness (QED) is 0.785. The Hall–Kier alpha value is -1.36. The summed E-state index contributed by atoms with van der Waals surface area (Å²) in [4.78, 5) is 10.4. The summed E-state index contributed by atoms with van der Waals surface area (Å²) in [6, 6.07) is 0.500. The van der Waals surface area contributed by atoms with E-state index in [9.17, 15) is 0 Å². The minimum absolute atomic E-state index is 0.139. The molecule has 16 heavy (non-hydrogen) atoms. The van der Waals surface area contributed by atoms with Crippen molar-refractivity contribution in [2.75, 3.05) is 23.8 Å². The van der Waals surface area contributed by atoms with Crippen LogP contribution in [0.1, 0.15) is 24.8 Å². The molecule has 5 nitrogen and oxygen atoms in total. The first-order chi connectivity index (χ1) is 7.74. The Morgan fingerprint density at radius 1 is 1.50 bits per heavy atom. The number of nitrogens with zero attached hydrogens (tertiary/aromatic N) is 3. The molecule has 1 heterocycles. The van der Waals surface area contributed by atoms with E-state index in [1.807, 2.05) is 6.92 Å². The van der Waals surface area contributed by atoms with Crippen LogP contribution in [0.3, 0.4) is 0 Å². The fourth-order valence-corrected chi connectivity index (χ4v) is 2.01. The van der Waals surface area contributed by atoms with Crippen LogP contribution in [0.4, 0.5) is 11.6 Å². The second kappa shape index (κ2) is 4.65. The highest BCUT2D eigenvalue weighted by atomic mass is 16.3. The van der Waals surface area contributed by atoms with Crippen molar-refractivity contribution in [2.24, 2.45) is 0 Å². The number of hydrogen-bond donors (Lipinski definition) is 2. The summed E-state index contributed by atoms with van der Waals surface area (Å²) in [7, 11) is 0. The monoisotopic (exact) mass is 222 g/mol. The third-order valence-electron chi connectivity index (χ3n) is 3.22. The molecule has 88 valence electrons. The summed E-state index contributed by atoms with van der Waals surface area (Å²) >= 11 is 0. The Bertz CT molecular complexity index is 365. The fourth-order valence-electron chi connectivity index (χ4n) is 2.01. The van der Waals surface area contributed by atoms with Crippen LogP contribution in [0, 0.1) is 6.92 Å². The van der Waals surface area contributed by atoms with Crippen molar-refractivity contribution in [1.29, 1.82) is 0 Å². The van der Waals surface area contributed by atoms with E-state index in [-0.39, 0.29) is 6.61 Å². The molecular weight excluding hydrogens is 204 g/mol. The lowest BCUT2D eigenvalue weighted by Gasteiger charge is -2.38. The Labute approximate surface area is 95.3 Å². The molecule has 2 rings (SSSR count). The molecule has 1 aliphatic carbocycles. The van der Waals surface area contributed by atoms with E-state index in [4.69, 9.17) is 10.8 Å². The summed E-state index contributed by atoms with van der Waals surface area (Å²) in [5.41, 5.74) is 6.68. The van der Waals surface area contributed by atoms with Crippen molar-refractivity contribution in [3.8, 4) is 0 Å². The highest BCUT2D eigenvalue weighted by molar-refractivity contribution is 5.56. The van der Waals surface area contributed by atoms with Gasteiger partial charge in [0.1, 0.15) is 18.0 Å². The van der Waals surface area contributed by atoms with E-state index in [1.165, 1.54) is 25.6 Å². The lowest BCUT2D eigenvalue weighted by molar-refractivity contribution is 0.283. The molecule has 1 saturated carbocycles. The lowest BCUT2D eigenvalue weighted by Crippen LogP contribution is -2.42. The average molecular weight is 222 g/mol. The lowest BCUT2D eigenvalue weighted by atomic mass is 9.91. The maximum Gasteiger partial charge on any atom is 0.137 e. The molecule has 0 amide bonds. The van der Waals surface area contributed by atoms with E-state index in [0.717, 1.165) is 11.4 Å². The molecule has 0 radical (unpaired) electrons. The molecule has 1 aromatic rings. The maximum atomic E-state index is 9.11. The average Bonchev–Trinajstić information content (AvgIpc) is 2.19. The van der Waals surface area contributed by atoms with Gasteiger partial charge in [0, 0.05) is 18.2 Å². The molecule has 1 aliphatic rings. The summed E-state index contributed by atoms with van der Waals surface area (Å²) < 4.78 is 0. The van der Waals surface area contributed by atoms with Gasteiger partial charge in [-0.1, -0.05) is 0 Å². The number of aromatic nitrogens is 2. The zero-order valence-corrected chi connectivity index (χ0v) is 9.56. The van der Waals surface area contributed by atoms with Gasteiger partial charge in [-0.15, -0.1) is 0 Å². The van der Waals surface area contributed by atoms with E-state index in [1.54, 1.807) is 0 Å². The van der Waals surface area contributed by atoms with Crippen LogP contribution in [0.15, 0.2) is 6.33 Å². The van der Waals surface area contributed by atoms with Gasteiger partial charge in [-0.3, -0.25) is 0 Å². The van der Waals surface area contributed by atoms with E-state index in [2.05, 4.69) is 14.9 Å². The number of rotatable bonds is 4. The Kier molecular flexibility index (Phi) is 3.24. The highest BCUT2D eigenvalue weighted by Gasteiger charge is 2.27. The first kappa shape index (κ1) is 11.1. The number of aliphatic hydroxyl groups is 1. The Balaban J connectivity index is 2.26. The Morgan fingerprint density at radius 2 is 2.25 bits per heavy atom. The predicted octanol–water partition coefficient (Wildman–Crippen LogP) is 0.718. The molecule has 0 atom stereocenters. The molecule has 0 saturated heterocycles. The SMILES string of the molecule is Cc1c(N)ncnc1N(CCO)C1CCC1. The van der Waals surface area contributed by atoms with Crippen LogP contribution in [0.5, 0.6) is 0 Å². The first-order valence-electron chi connectivity index (χ1n) is 5.68. The van der Waals surface area contributed by atoms with Gasteiger partial charge in [0.15, 0.2) is 0 Å². The highest BCUT2D eigenvalue weighted by Crippen LogP contribution is 2.30. The van der Waals surface area contributed by atoms with E-state index >= 15 is 0 Å². The van der Waals surface area contributed by atoms with Gasteiger partial charge in [-0.05, 0) is 26.2 Å². The van der Waals surface area contributed by atoms with Crippen LogP contribution >= 0.6 is 0 Å².